The number of rotatable bonds is 3. The lowest BCUT2D eigenvalue weighted by atomic mass is 9.88. The van der Waals surface area contributed by atoms with Gasteiger partial charge in [-0.1, -0.05) is 36.2 Å². The smallest absolute Gasteiger partial charge is 0.0982 e. The quantitative estimate of drug-likeness (QED) is 0.904. The van der Waals surface area contributed by atoms with Gasteiger partial charge in [-0.15, -0.1) is 0 Å². The van der Waals surface area contributed by atoms with E-state index in [1.54, 1.807) is 0 Å². The predicted molar refractivity (Wildman–Crippen MR) is 75.9 cm³/mol. The van der Waals surface area contributed by atoms with Crippen LogP contribution in [0.2, 0.25) is 5.02 Å². The van der Waals surface area contributed by atoms with Crippen LogP contribution in [-0.2, 0) is 0 Å². The van der Waals surface area contributed by atoms with Gasteiger partial charge in [-0.2, -0.15) is 0 Å². The first-order valence-electron chi connectivity index (χ1n) is 6.71. The average molecular weight is 268 g/mol. The van der Waals surface area contributed by atoms with Crippen molar-refractivity contribution in [3.63, 3.8) is 0 Å². The van der Waals surface area contributed by atoms with Gasteiger partial charge < -0.3 is 5.11 Å². The Morgan fingerprint density at radius 1 is 1.17 bits per heavy atom. The topological polar surface area (TPSA) is 23.5 Å². The molecule has 2 nitrogen and oxygen atoms in total. The minimum absolute atomic E-state index is 0.272. The largest absolute Gasteiger partial charge is 0.386 e. The monoisotopic (exact) mass is 267 g/mol. The number of nitrogens with zero attached hydrogens (tertiary/aromatic N) is 1. The van der Waals surface area contributed by atoms with Crippen molar-refractivity contribution < 1.29 is 5.11 Å². The predicted octanol–water partition coefficient (Wildman–Crippen LogP) is 3.64. The van der Waals surface area contributed by atoms with E-state index in [2.05, 4.69) is 18.7 Å². The molecule has 3 heteroatoms. The van der Waals surface area contributed by atoms with Crippen LogP contribution in [0, 0.1) is 0 Å². The van der Waals surface area contributed by atoms with Gasteiger partial charge in [0.05, 0.1) is 6.10 Å². The van der Waals surface area contributed by atoms with E-state index < -0.39 is 6.10 Å². The molecule has 0 aromatic heterocycles. The van der Waals surface area contributed by atoms with Crippen molar-refractivity contribution >= 4 is 11.6 Å². The van der Waals surface area contributed by atoms with Gasteiger partial charge in [-0.25, -0.2) is 0 Å². The molecule has 1 aliphatic heterocycles. The van der Waals surface area contributed by atoms with Gasteiger partial charge in [-0.3, -0.25) is 4.90 Å². The minimum atomic E-state index is -0.552. The Balaban J connectivity index is 2.20. The molecule has 2 rings (SSSR count). The van der Waals surface area contributed by atoms with Crippen LogP contribution in [0.25, 0.3) is 0 Å². The van der Waals surface area contributed by atoms with Crippen molar-refractivity contribution in [3.8, 4) is 0 Å². The fourth-order valence-electron chi connectivity index (χ4n) is 2.72. The molecule has 1 N–H and O–H groups in total. The fourth-order valence-corrected chi connectivity index (χ4v) is 2.96. The maximum Gasteiger partial charge on any atom is 0.0982 e. The summed E-state index contributed by atoms with van der Waals surface area (Å²) in [4.78, 5) is 2.38. The molecule has 1 unspecified atom stereocenters. The number of benzene rings is 1. The van der Waals surface area contributed by atoms with E-state index in [1.807, 2.05) is 24.3 Å². The Labute approximate surface area is 115 Å². The van der Waals surface area contributed by atoms with Gasteiger partial charge >= 0.3 is 0 Å². The summed E-state index contributed by atoms with van der Waals surface area (Å²) < 4.78 is 0. The maximum atomic E-state index is 10.7. The second-order valence-electron chi connectivity index (χ2n) is 5.63. The van der Waals surface area contributed by atoms with Gasteiger partial charge in [0, 0.05) is 16.1 Å². The molecule has 1 aromatic carbocycles. The SMILES string of the molecule is CC(C)(C(O)c1ccccc1Cl)N1CCCCC1. The highest BCUT2D eigenvalue weighted by Gasteiger charge is 2.36. The molecule has 1 aliphatic rings. The summed E-state index contributed by atoms with van der Waals surface area (Å²) in [5, 5.41) is 11.3. The van der Waals surface area contributed by atoms with E-state index in [-0.39, 0.29) is 5.54 Å². The van der Waals surface area contributed by atoms with Crippen molar-refractivity contribution in [2.45, 2.75) is 44.8 Å². The summed E-state index contributed by atoms with van der Waals surface area (Å²) in [7, 11) is 0. The van der Waals surface area contributed by atoms with Crippen molar-refractivity contribution in [3.05, 3.63) is 34.9 Å². The van der Waals surface area contributed by atoms with E-state index in [0.29, 0.717) is 5.02 Å². The van der Waals surface area contributed by atoms with E-state index in [1.165, 1.54) is 19.3 Å². The highest BCUT2D eigenvalue weighted by atomic mass is 35.5. The average Bonchev–Trinajstić information content (AvgIpc) is 2.39. The van der Waals surface area contributed by atoms with Gasteiger partial charge in [0.15, 0.2) is 0 Å². The van der Waals surface area contributed by atoms with Gasteiger partial charge in [0.25, 0.3) is 0 Å². The van der Waals surface area contributed by atoms with Gasteiger partial charge in [0.1, 0.15) is 0 Å². The molecule has 0 radical (unpaired) electrons. The molecule has 0 spiro atoms. The summed E-state index contributed by atoms with van der Waals surface area (Å²) >= 11 is 6.19. The number of piperidine rings is 1. The van der Waals surface area contributed by atoms with Crippen LogP contribution in [0.3, 0.4) is 0 Å². The molecular weight excluding hydrogens is 246 g/mol. The summed E-state index contributed by atoms with van der Waals surface area (Å²) in [5.74, 6) is 0. The summed E-state index contributed by atoms with van der Waals surface area (Å²) in [6, 6.07) is 7.58. The Kier molecular flexibility index (Phi) is 4.31. The van der Waals surface area contributed by atoms with Crippen LogP contribution in [0.1, 0.15) is 44.8 Å². The first-order chi connectivity index (χ1) is 8.53. The van der Waals surface area contributed by atoms with E-state index in [9.17, 15) is 5.11 Å². The molecule has 18 heavy (non-hydrogen) atoms. The lowest BCUT2D eigenvalue weighted by Crippen LogP contribution is -2.50. The van der Waals surface area contributed by atoms with Crippen LogP contribution in [0.4, 0.5) is 0 Å². The summed E-state index contributed by atoms with van der Waals surface area (Å²) in [6.45, 7) is 6.33. The number of aliphatic hydroxyl groups excluding tert-OH is 1. The molecule has 1 aromatic rings. The number of likely N-dealkylation sites (tertiary alicyclic amines) is 1. The van der Waals surface area contributed by atoms with E-state index >= 15 is 0 Å². The molecule has 1 heterocycles. The van der Waals surface area contributed by atoms with Crippen LogP contribution in [0.15, 0.2) is 24.3 Å². The van der Waals surface area contributed by atoms with Crippen molar-refractivity contribution in [2.75, 3.05) is 13.1 Å². The third kappa shape index (κ3) is 2.71. The molecule has 0 saturated carbocycles. The Bertz CT molecular complexity index is 399. The standard InChI is InChI=1S/C15H22ClNO/c1-15(2,17-10-6-3-7-11-17)14(18)12-8-4-5-9-13(12)16/h4-5,8-9,14,18H,3,6-7,10-11H2,1-2H3. The van der Waals surface area contributed by atoms with Crippen LogP contribution < -0.4 is 0 Å². The summed E-state index contributed by atoms with van der Waals surface area (Å²) in [5.41, 5.74) is 0.556. The van der Waals surface area contributed by atoms with Crippen molar-refractivity contribution in [1.29, 1.82) is 0 Å². The zero-order valence-corrected chi connectivity index (χ0v) is 12.0. The molecule has 0 bridgehead atoms. The molecule has 1 saturated heterocycles. The molecule has 1 atom stereocenters. The highest BCUT2D eigenvalue weighted by molar-refractivity contribution is 6.31. The molecule has 100 valence electrons. The highest BCUT2D eigenvalue weighted by Crippen LogP contribution is 2.35. The van der Waals surface area contributed by atoms with E-state index in [0.717, 1.165) is 18.7 Å². The van der Waals surface area contributed by atoms with Crippen LogP contribution in [0.5, 0.6) is 0 Å². The molecular formula is C15H22ClNO. The van der Waals surface area contributed by atoms with Crippen LogP contribution >= 0.6 is 11.6 Å². The number of hydrogen-bond acceptors (Lipinski definition) is 2. The zero-order valence-electron chi connectivity index (χ0n) is 11.2. The number of hydrogen-bond donors (Lipinski definition) is 1. The Morgan fingerprint density at radius 2 is 1.78 bits per heavy atom. The van der Waals surface area contributed by atoms with Gasteiger partial charge in [-0.05, 0) is 45.8 Å². The Hall–Kier alpha value is -0.570. The normalized spacial score (nSPS) is 19.8. The lowest BCUT2D eigenvalue weighted by molar-refractivity contribution is -0.0208. The molecule has 0 aliphatic carbocycles. The maximum absolute atomic E-state index is 10.7. The third-order valence-corrected chi connectivity index (χ3v) is 4.38. The minimum Gasteiger partial charge on any atom is -0.386 e. The van der Waals surface area contributed by atoms with Crippen LogP contribution in [-0.4, -0.2) is 28.6 Å². The lowest BCUT2D eigenvalue weighted by Gasteiger charge is -2.44. The first-order valence-corrected chi connectivity index (χ1v) is 7.09. The fraction of sp³-hybridized carbons (Fsp3) is 0.600. The first kappa shape index (κ1) is 13.9. The molecule has 0 amide bonds. The summed E-state index contributed by atoms with van der Waals surface area (Å²) in [6.07, 6.45) is 3.19. The molecule has 1 fully saturated rings. The van der Waals surface area contributed by atoms with Crippen molar-refractivity contribution in [1.82, 2.24) is 4.90 Å². The van der Waals surface area contributed by atoms with E-state index in [4.69, 9.17) is 11.6 Å². The zero-order chi connectivity index (χ0) is 13.2. The van der Waals surface area contributed by atoms with Gasteiger partial charge in [0.2, 0.25) is 0 Å². The number of halogens is 1. The second kappa shape index (κ2) is 5.60. The number of aliphatic hydroxyl groups is 1. The third-order valence-electron chi connectivity index (χ3n) is 4.04. The van der Waals surface area contributed by atoms with Crippen molar-refractivity contribution in [2.24, 2.45) is 0 Å². The Morgan fingerprint density at radius 3 is 2.39 bits per heavy atom. The second-order valence-corrected chi connectivity index (χ2v) is 6.03.